The number of hydrogen-bond acceptors (Lipinski definition) is 2. The number of aryl methyl sites for hydroxylation is 1. The number of benzene rings is 2. The van der Waals surface area contributed by atoms with E-state index in [0.29, 0.717) is 0 Å². The Morgan fingerprint density at radius 2 is 1.58 bits per heavy atom. The Bertz CT molecular complexity index is 645. The minimum atomic E-state index is -0.536. The van der Waals surface area contributed by atoms with Crippen LogP contribution in [0.3, 0.4) is 0 Å². The maximum absolute atomic E-state index is 11.0. The van der Waals surface area contributed by atoms with Gasteiger partial charge in [-0.25, -0.2) is 0 Å². The molecule has 1 aliphatic carbocycles. The maximum atomic E-state index is 11.0. The first-order valence-electron chi connectivity index (χ1n) is 8.77. The van der Waals surface area contributed by atoms with Crippen LogP contribution in [0.4, 0.5) is 0 Å². The van der Waals surface area contributed by atoms with Crippen LogP contribution in [0.15, 0.2) is 59.1 Å². The van der Waals surface area contributed by atoms with Crippen LogP contribution < -0.4 is 5.32 Å². The Morgan fingerprint density at radius 1 is 0.958 bits per heavy atom. The molecule has 0 spiro atoms. The SMILES string of the molecule is CNC1(c2ccc(Br)cc2)CCC(O)(CCc2ccccc2)CC1. The summed E-state index contributed by atoms with van der Waals surface area (Å²) in [5.74, 6) is 0. The van der Waals surface area contributed by atoms with Gasteiger partial charge in [0.1, 0.15) is 0 Å². The van der Waals surface area contributed by atoms with Gasteiger partial charge in [0.2, 0.25) is 0 Å². The highest BCUT2D eigenvalue weighted by Crippen LogP contribution is 2.43. The minimum Gasteiger partial charge on any atom is -0.390 e. The molecule has 2 nitrogen and oxygen atoms in total. The van der Waals surface area contributed by atoms with Crippen molar-refractivity contribution in [1.82, 2.24) is 5.32 Å². The summed E-state index contributed by atoms with van der Waals surface area (Å²) >= 11 is 3.51. The fourth-order valence-electron chi connectivity index (χ4n) is 3.87. The standard InChI is InChI=1S/C21H26BrNO/c1-23-21(18-7-9-19(22)10-8-18)15-13-20(24,14-16-21)12-11-17-5-3-2-4-6-17/h2-10,23-24H,11-16H2,1H3. The van der Waals surface area contributed by atoms with Crippen LogP contribution in [0.1, 0.15) is 43.2 Å². The van der Waals surface area contributed by atoms with E-state index in [2.05, 4.69) is 69.8 Å². The van der Waals surface area contributed by atoms with E-state index in [-0.39, 0.29) is 5.54 Å². The normalized spacial score (nSPS) is 27.1. The van der Waals surface area contributed by atoms with Gasteiger partial charge in [0.15, 0.2) is 0 Å². The molecule has 0 aliphatic heterocycles. The molecule has 0 atom stereocenters. The Labute approximate surface area is 153 Å². The lowest BCUT2D eigenvalue weighted by Gasteiger charge is -2.44. The average Bonchev–Trinajstić information content (AvgIpc) is 2.63. The molecule has 0 bridgehead atoms. The van der Waals surface area contributed by atoms with Gasteiger partial charge in [0.25, 0.3) is 0 Å². The molecule has 0 heterocycles. The maximum Gasteiger partial charge on any atom is 0.0652 e. The van der Waals surface area contributed by atoms with Crippen molar-refractivity contribution >= 4 is 15.9 Å². The Balaban J connectivity index is 1.65. The van der Waals surface area contributed by atoms with Crippen LogP contribution in [-0.2, 0) is 12.0 Å². The molecule has 0 unspecified atom stereocenters. The minimum absolute atomic E-state index is 0.0142. The zero-order chi connectivity index (χ0) is 17.0. The Morgan fingerprint density at radius 3 is 2.17 bits per heavy atom. The van der Waals surface area contributed by atoms with Crippen molar-refractivity contribution in [3.8, 4) is 0 Å². The number of aliphatic hydroxyl groups is 1. The highest BCUT2D eigenvalue weighted by molar-refractivity contribution is 9.10. The number of hydrogen-bond donors (Lipinski definition) is 2. The zero-order valence-electron chi connectivity index (χ0n) is 14.3. The van der Waals surface area contributed by atoms with Gasteiger partial charge in [-0.05, 0) is 68.8 Å². The molecular formula is C21H26BrNO. The van der Waals surface area contributed by atoms with Gasteiger partial charge in [-0.1, -0.05) is 58.4 Å². The van der Waals surface area contributed by atoms with Crippen LogP contribution in [0, 0.1) is 0 Å². The van der Waals surface area contributed by atoms with Gasteiger partial charge >= 0.3 is 0 Å². The van der Waals surface area contributed by atoms with Crippen molar-refractivity contribution in [2.45, 2.75) is 49.7 Å². The summed E-state index contributed by atoms with van der Waals surface area (Å²) in [5, 5.41) is 14.6. The molecular weight excluding hydrogens is 362 g/mol. The number of nitrogens with one attached hydrogen (secondary N) is 1. The summed E-state index contributed by atoms with van der Waals surface area (Å²) in [5.41, 5.74) is 2.08. The van der Waals surface area contributed by atoms with Gasteiger partial charge < -0.3 is 10.4 Å². The van der Waals surface area contributed by atoms with Crippen molar-refractivity contribution in [2.75, 3.05) is 7.05 Å². The third kappa shape index (κ3) is 3.90. The van der Waals surface area contributed by atoms with Gasteiger partial charge in [0.05, 0.1) is 5.60 Å². The van der Waals surface area contributed by atoms with Crippen LogP contribution in [0.25, 0.3) is 0 Å². The van der Waals surface area contributed by atoms with Crippen molar-refractivity contribution in [3.63, 3.8) is 0 Å². The predicted molar refractivity (Wildman–Crippen MR) is 103 cm³/mol. The van der Waals surface area contributed by atoms with Crippen molar-refractivity contribution in [3.05, 3.63) is 70.2 Å². The number of halogens is 1. The molecule has 24 heavy (non-hydrogen) atoms. The molecule has 2 aromatic rings. The van der Waals surface area contributed by atoms with Crippen molar-refractivity contribution in [1.29, 1.82) is 0 Å². The van der Waals surface area contributed by atoms with Crippen LogP contribution >= 0.6 is 15.9 Å². The third-order valence-corrected chi connectivity index (χ3v) is 6.16. The smallest absolute Gasteiger partial charge is 0.0652 e. The van der Waals surface area contributed by atoms with E-state index in [1.807, 2.05) is 13.1 Å². The fraction of sp³-hybridized carbons (Fsp3) is 0.429. The molecule has 3 rings (SSSR count). The molecule has 0 aromatic heterocycles. The zero-order valence-corrected chi connectivity index (χ0v) is 15.8. The van der Waals surface area contributed by atoms with E-state index in [0.717, 1.165) is 43.0 Å². The van der Waals surface area contributed by atoms with Crippen molar-refractivity contribution < 1.29 is 5.11 Å². The topological polar surface area (TPSA) is 32.3 Å². The van der Waals surface area contributed by atoms with E-state index >= 15 is 0 Å². The van der Waals surface area contributed by atoms with Gasteiger partial charge in [0, 0.05) is 10.0 Å². The largest absolute Gasteiger partial charge is 0.390 e. The summed E-state index contributed by atoms with van der Waals surface area (Å²) in [7, 11) is 2.04. The van der Waals surface area contributed by atoms with Crippen LogP contribution in [0.2, 0.25) is 0 Å². The Hall–Kier alpha value is -1.16. The molecule has 2 N–H and O–H groups in total. The van der Waals surface area contributed by atoms with Crippen LogP contribution in [0.5, 0.6) is 0 Å². The van der Waals surface area contributed by atoms with E-state index in [9.17, 15) is 5.11 Å². The molecule has 128 valence electrons. The highest BCUT2D eigenvalue weighted by Gasteiger charge is 2.41. The Kier molecular flexibility index (Phi) is 5.43. The summed E-state index contributed by atoms with van der Waals surface area (Å²) in [6.45, 7) is 0. The lowest BCUT2D eigenvalue weighted by molar-refractivity contribution is -0.0277. The first-order valence-corrected chi connectivity index (χ1v) is 9.56. The van der Waals surface area contributed by atoms with Gasteiger partial charge in [-0.15, -0.1) is 0 Å². The molecule has 2 aromatic carbocycles. The molecule has 3 heteroatoms. The van der Waals surface area contributed by atoms with E-state index < -0.39 is 5.60 Å². The third-order valence-electron chi connectivity index (χ3n) is 5.63. The van der Waals surface area contributed by atoms with E-state index in [1.54, 1.807) is 0 Å². The first-order chi connectivity index (χ1) is 11.6. The lowest BCUT2D eigenvalue weighted by Crippen LogP contribution is -2.48. The van der Waals surface area contributed by atoms with E-state index in [1.165, 1.54) is 11.1 Å². The summed E-state index contributed by atoms with van der Waals surface area (Å²) in [4.78, 5) is 0. The monoisotopic (exact) mass is 387 g/mol. The molecule has 1 saturated carbocycles. The molecule has 0 saturated heterocycles. The average molecular weight is 388 g/mol. The summed E-state index contributed by atoms with van der Waals surface area (Å²) < 4.78 is 1.10. The molecule has 1 fully saturated rings. The van der Waals surface area contributed by atoms with Gasteiger partial charge in [-0.3, -0.25) is 0 Å². The second-order valence-electron chi connectivity index (χ2n) is 7.05. The quantitative estimate of drug-likeness (QED) is 0.771. The number of rotatable bonds is 5. The fourth-order valence-corrected chi connectivity index (χ4v) is 4.13. The molecule has 1 aliphatic rings. The van der Waals surface area contributed by atoms with Crippen LogP contribution in [-0.4, -0.2) is 17.8 Å². The van der Waals surface area contributed by atoms with E-state index in [4.69, 9.17) is 0 Å². The predicted octanol–water partition coefficient (Wildman–Crippen LogP) is 4.80. The van der Waals surface area contributed by atoms with Gasteiger partial charge in [-0.2, -0.15) is 0 Å². The molecule has 0 radical (unpaired) electrons. The highest BCUT2D eigenvalue weighted by atomic mass is 79.9. The second kappa shape index (κ2) is 7.38. The molecule has 0 amide bonds. The summed E-state index contributed by atoms with van der Waals surface area (Å²) in [6.07, 6.45) is 5.42. The second-order valence-corrected chi connectivity index (χ2v) is 7.96. The lowest BCUT2D eigenvalue weighted by atomic mass is 9.69. The summed E-state index contributed by atoms with van der Waals surface area (Å²) in [6, 6.07) is 19.1. The first kappa shape index (κ1) is 17.7. The van der Waals surface area contributed by atoms with Crippen molar-refractivity contribution in [2.24, 2.45) is 0 Å².